The Kier molecular flexibility index (Phi) is 5.20. The lowest BCUT2D eigenvalue weighted by Crippen LogP contribution is -2.48. The van der Waals surface area contributed by atoms with E-state index in [1.54, 1.807) is 23.1 Å². The predicted octanol–water partition coefficient (Wildman–Crippen LogP) is 1.70. The molecule has 1 fully saturated rings. The first-order valence-corrected chi connectivity index (χ1v) is 7.25. The van der Waals surface area contributed by atoms with Gasteiger partial charge < -0.3 is 14.5 Å². The third-order valence-corrected chi connectivity index (χ3v) is 3.84. The highest BCUT2D eigenvalue weighted by atomic mass is 35.5. The molecule has 0 aliphatic carbocycles. The molecule has 2 rings (SSSR count). The van der Waals surface area contributed by atoms with E-state index in [0.717, 1.165) is 26.2 Å². The Bertz CT molecular complexity index is 540. The van der Waals surface area contributed by atoms with Gasteiger partial charge in [0.25, 0.3) is 5.91 Å². The van der Waals surface area contributed by atoms with E-state index in [4.69, 9.17) is 16.3 Å². The van der Waals surface area contributed by atoms with Crippen LogP contribution in [0.1, 0.15) is 17.3 Å². The zero-order valence-corrected chi connectivity index (χ0v) is 13.0. The smallest absolute Gasteiger partial charge is 0.260 e. The lowest BCUT2D eigenvalue weighted by molar-refractivity contribution is -0.134. The maximum atomic E-state index is 12.0. The topological polar surface area (TPSA) is 49.9 Å². The summed E-state index contributed by atoms with van der Waals surface area (Å²) in [6, 6.07) is 4.82. The van der Waals surface area contributed by atoms with Crippen molar-refractivity contribution in [1.29, 1.82) is 0 Å². The fraction of sp³-hybridized carbons (Fsp3) is 0.467. The van der Waals surface area contributed by atoms with Gasteiger partial charge in [0.15, 0.2) is 12.4 Å². The number of halogens is 1. The summed E-state index contributed by atoms with van der Waals surface area (Å²) < 4.78 is 5.47. The number of hydrogen-bond donors (Lipinski definition) is 0. The lowest BCUT2D eigenvalue weighted by atomic mass is 10.1. The highest BCUT2D eigenvalue weighted by Gasteiger charge is 2.19. The van der Waals surface area contributed by atoms with Crippen molar-refractivity contribution < 1.29 is 14.3 Å². The molecule has 1 heterocycles. The van der Waals surface area contributed by atoms with Gasteiger partial charge in [-0.3, -0.25) is 9.59 Å². The van der Waals surface area contributed by atoms with Crippen LogP contribution >= 0.6 is 11.6 Å². The molecule has 1 aromatic carbocycles. The second kappa shape index (κ2) is 6.91. The number of amides is 1. The first kappa shape index (κ1) is 15.8. The molecule has 0 spiro atoms. The number of carbonyl (C=O) groups is 2. The fourth-order valence-electron chi connectivity index (χ4n) is 2.12. The number of rotatable bonds is 4. The van der Waals surface area contributed by atoms with Gasteiger partial charge in [-0.2, -0.15) is 0 Å². The first-order chi connectivity index (χ1) is 9.97. The molecule has 0 bridgehead atoms. The Morgan fingerprint density at radius 1 is 1.24 bits per heavy atom. The highest BCUT2D eigenvalue weighted by molar-refractivity contribution is 6.32. The monoisotopic (exact) mass is 310 g/mol. The van der Waals surface area contributed by atoms with E-state index >= 15 is 0 Å². The van der Waals surface area contributed by atoms with Crippen molar-refractivity contribution in [2.75, 3.05) is 39.8 Å². The van der Waals surface area contributed by atoms with E-state index in [1.807, 2.05) is 7.05 Å². The highest BCUT2D eigenvalue weighted by Crippen LogP contribution is 2.25. The van der Waals surface area contributed by atoms with E-state index in [1.165, 1.54) is 6.92 Å². The number of hydrogen-bond acceptors (Lipinski definition) is 4. The van der Waals surface area contributed by atoms with E-state index in [-0.39, 0.29) is 18.3 Å². The van der Waals surface area contributed by atoms with Crippen molar-refractivity contribution in [3.05, 3.63) is 28.8 Å². The summed E-state index contributed by atoms with van der Waals surface area (Å²) in [6.45, 7) is 4.62. The Morgan fingerprint density at radius 3 is 2.48 bits per heavy atom. The number of ether oxygens (including phenoxy) is 1. The van der Waals surface area contributed by atoms with Gasteiger partial charge >= 0.3 is 0 Å². The molecule has 0 unspecified atom stereocenters. The van der Waals surface area contributed by atoms with E-state index < -0.39 is 0 Å². The molecule has 0 aromatic heterocycles. The standard InChI is InChI=1S/C15H19ClN2O3/c1-11(19)12-3-4-14(13(16)9-12)21-10-15(20)18-7-5-17(2)6-8-18/h3-4,9H,5-8,10H2,1-2H3. The zero-order chi connectivity index (χ0) is 15.4. The van der Waals surface area contributed by atoms with Crippen LogP contribution in [0.5, 0.6) is 5.75 Å². The molecule has 0 radical (unpaired) electrons. The number of nitrogens with zero attached hydrogens (tertiary/aromatic N) is 2. The summed E-state index contributed by atoms with van der Waals surface area (Å²) in [4.78, 5) is 27.3. The normalized spacial score (nSPS) is 15.9. The second-order valence-corrected chi connectivity index (χ2v) is 5.58. The van der Waals surface area contributed by atoms with Gasteiger partial charge in [-0.05, 0) is 32.2 Å². The average Bonchev–Trinajstić information content (AvgIpc) is 2.46. The van der Waals surface area contributed by atoms with Crippen LogP contribution in [0.15, 0.2) is 18.2 Å². The first-order valence-electron chi connectivity index (χ1n) is 6.87. The summed E-state index contributed by atoms with van der Waals surface area (Å²) in [6.07, 6.45) is 0. The van der Waals surface area contributed by atoms with E-state index in [2.05, 4.69) is 4.90 Å². The van der Waals surface area contributed by atoms with Crippen molar-refractivity contribution in [1.82, 2.24) is 9.80 Å². The molecular weight excluding hydrogens is 292 g/mol. The molecule has 21 heavy (non-hydrogen) atoms. The Labute approximate surface area is 129 Å². The molecule has 0 N–H and O–H groups in total. The number of Topliss-reactive ketones (excluding diaryl/α,β-unsaturated/α-hetero) is 1. The Hall–Kier alpha value is -1.59. The lowest BCUT2D eigenvalue weighted by Gasteiger charge is -2.32. The summed E-state index contributed by atoms with van der Waals surface area (Å²) in [5.74, 6) is 0.316. The molecular formula is C15H19ClN2O3. The van der Waals surface area contributed by atoms with E-state index in [0.29, 0.717) is 16.3 Å². The number of carbonyl (C=O) groups excluding carboxylic acids is 2. The Morgan fingerprint density at radius 2 is 1.90 bits per heavy atom. The third kappa shape index (κ3) is 4.19. The Balaban J connectivity index is 1.91. The number of benzene rings is 1. The quantitative estimate of drug-likeness (QED) is 0.794. The molecule has 1 aliphatic rings. The minimum absolute atomic E-state index is 0.0388. The van der Waals surface area contributed by atoms with Crippen LogP contribution in [0.2, 0.25) is 5.02 Å². The molecule has 114 valence electrons. The largest absolute Gasteiger partial charge is 0.482 e. The maximum Gasteiger partial charge on any atom is 0.260 e. The van der Waals surface area contributed by atoms with Crippen LogP contribution in [-0.4, -0.2) is 61.3 Å². The van der Waals surface area contributed by atoms with Crippen molar-refractivity contribution in [2.24, 2.45) is 0 Å². The van der Waals surface area contributed by atoms with Crippen molar-refractivity contribution in [3.63, 3.8) is 0 Å². The van der Waals surface area contributed by atoms with Gasteiger partial charge in [0.1, 0.15) is 5.75 Å². The number of piperazine rings is 1. The van der Waals surface area contributed by atoms with Crippen molar-refractivity contribution in [3.8, 4) is 5.75 Å². The molecule has 0 saturated carbocycles. The number of ketones is 1. The van der Waals surface area contributed by atoms with Gasteiger partial charge in [0, 0.05) is 31.7 Å². The molecule has 1 aromatic rings. The van der Waals surface area contributed by atoms with Crippen molar-refractivity contribution >= 4 is 23.3 Å². The van der Waals surface area contributed by atoms with Gasteiger partial charge in [0.05, 0.1) is 5.02 Å². The van der Waals surface area contributed by atoms with Gasteiger partial charge in [-0.1, -0.05) is 11.6 Å². The second-order valence-electron chi connectivity index (χ2n) is 5.17. The average molecular weight is 311 g/mol. The van der Waals surface area contributed by atoms with Crippen LogP contribution in [0.25, 0.3) is 0 Å². The SMILES string of the molecule is CC(=O)c1ccc(OCC(=O)N2CCN(C)CC2)c(Cl)c1. The summed E-state index contributed by atoms with van der Waals surface area (Å²) >= 11 is 6.05. The molecule has 6 heteroatoms. The minimum Gasteiger partial charge on any atom is -0.482 e. The van der Waals surface area contributed by atoms with Crippen LogP contribution in [0.3, 0.4) is 0 Å². The van der Waals surface area contributed by atoms with Crippen molar-refractivity contribution in [2.45, 2.75) is 6.92 Å². The van der Waals surface area contributed by atoms with Crippen LogP contribution < -0.4 is 4.74 Å². The third-order valence-electron chi connectivity index (χ3n) is 3.55. The fourth-order valence-corrected chi connectivity index (χ4v) is 2.36. The predicted molar refractivity (Wildman–Crippen MR) is 81.0 cm³/mol. The summed E-state index contributed by atoms with van der Waals surface area (Å²) in [7, 11) is 2.04. The summed E-state index contributed by atoms with van der Waals surface area (Å²) in [5.41, 5.74) is 0.526. The molecule has 1 saturated heterocycles. The van der Waals surface area contributed by atoms with Gasteiger partial charge in [-0.25, -0.2) is 0 Å². The van der Waals surface area contributed by atoms with E-state index in [9.17, 15) is 9.59 Å². The minimum atomic E-state index is -0.0584. The maximum absolute atomic E-state index is 12.0. The van der Waals surface area contributed by atoms with Gasteiger partial charge in [-0.15, -0.1) is 0 Å². The zero-order valence-electron chi connectivity index (χ0n) is 12.3. The molecule has 1 aliphatic heterocycles. The van der Waals surface area contributed by atoms with Crippen LogP contribution in [0.4, 0.5) is 0 Å². The van der Waals surface area contributed by atoms with Crippen LogP contribution in [-0.2, 0) is 4.79 Å². The van der Waals surface area contributed by atoms with Crippen LogP contribution in [0, 0.1) is 0 Å². The molecule has 0 atom stereocenters. The summed E-state index contributed by atoms with van der Waals surface area (Å²) in [5, 5.41) is 0.342. The number of likely N-dealkylation sites (N-methyl/N-ethyl adjacent to an activating group) is 1. The molecule has 5 nitrogen and oxygen atoms in total. The molecule has 1 amide bonds. The van der Waals surface area contributed by atoms with Gasteiger partial charge in [0.2, 0.25) is 0 Å².